The molecular formula is C20H23N3O5S. The van der Waals surface area contributed by atoms with Gasteiger partial charge >= 0.3 is 0 Å². The van der Waals surface area contributed by atoms with Crippen molar-refractivity contribution in [2.45, 2.75) is 23.2 Å². The molecule has 0 aromatic heterocycles. The van der Waals surface area contributed by atoms with Crippen molar-refractivity contribution < 1.29 is 18.1 Å². The Morgan fingerprint density at radius 1 is 1.10 bits per heavy atom. The van der Waals surface area contributed by atoms with Crippen molar-refractivity contribution in [3.8, 4) is 0 Å². The summed E-state index contributed by atoms with van der Waals surface area (Å²) in [5.41, 5.74) is 1.29. The first-order valence-corrected chi connectivity index (χ1v) is 11.0. The Balaban J connectivity index is 1.56. The highest BCUT2D eigenvalue weighted by Crippen LogP contribution is 2.48. The monoisotopic (exact) mass is 417 g/mol. The molecule has 0 unspecified atom stereocenters. The van der Waals surface area contributed by atoms with Crippen molar-refractivity contribution in [2.75, 3.05) is 38.2 Å². The molecule has 1 N–H and O–H groups in total. The van der Waals surface area contributed by atoms with E-state index in [2.05, 4.69) is 17.4 Å². The lowest BCUT2D eigenvalue weighted by Gasteiger charge is -2.26. The largest absolute Gasteiger partial charge is 0.379 e. The van der Waals surface area contributed by atoms with Crippen LogP contribution in [0.15, 0.2) is 53.4 Å². The maximum atomic E-state index is 12.8. The van der Waals surface area contributed by atoms with E-state index < -0.39 is 14.9 Å². The van der Waals surface area contributed by atoms with Crippen LogP contribution < -0.4 is 5.32 Å². The number of benzene rings is 2. The standard InChI is InChI=1S/C20H23N3O5S/c24-23(25)19-14-17(29(26,27)22-10-12-28-13-11-22)6-7-18(19)21-15-20(8-9-20)16-4-2-1-3-5-16/h1-7,14,21H,8-13,15H2. The van der Waals surface area contributed by atoms with Crippen LogP contribution in [-0.4, -0.2) is 50.5 Å². The molecule has 9 heteroatoms. The Bertz CT molecular complexity index is 1000. The predicted molar refractivity (Wildman–Crippen MR) is 109 cm³/mol. The highest BCUT2D eigenvalue weighted by molar-refractivity contribution is 7.89. The van der Waals surface area contributed by atoms with Gasteiger partial charge in [0.1, 0.15) is 5.69 Å². The zero-order chi connectivity index (χ0) is 20.5. The number of nitro groups is 1. The first-order valence-electron chi connectivity index (χ1n) is 9.58. The third-order valence-electron chi connectivity index (χ3n) is 5.63. The van der Waals surface area contributed by atoms with E-state index in [4.69, 9.17) is 4.74 Å². The third kappa shape index (κ3) is 3.98. The fourth-order valence-electron chi connectivity index (χ4n) is 3.68. The number of sulfonamides is 1. The van der Waals surface area contributed by atoms with Crippen molar-refractivity contribution in [1.82, 2.24) is 4.31 Å². The molecule has 1 aliphatic carbocycles. The van der Waals surface area contributed by atoms with Crippen LogP contribution in [0.1, 0.15) is 18.4 Å². The number of hydrogen-bond acceptors (Lipinski definition) is 6. The Morgan fingerprint density at radius 3 is 2.41 bits per heavy atom. The second kappa shape index (κ2) is 7.74. The van der Waals surface area contributed by atoms with Crippen molar-refractivity contribution >= 4 is 21.4 Å². The number of nitro benzene ring substituents is 1. The van der Waals surface area contributed by atoms with Gasteiger partial charge in [-0.05, 0) is 30.5 Å². The summed E-state index contributed by atoms with van der Waals surface area (Å²) in [5, 5.41) is 14.8. The zero-order valence-corrected chi connectivity index (χ0v) is 16.7. The highest BCUT2D eigenvalue weighted by Gasteiger charge is 2.44. The van der Waals surface area contributed by atoms with Crippen molar-refractivity contribution in [1.29, 1.82) is 0 Å². The number of nitrogens with zero attached hydrogens (tertiary/aromatic N) is 2. The summed E-state index contributed by atoms with van der Waals surface area (Å²) in [5.74, 6) is 0. The van der Waals surface area contributed by atoms with Crippen LogP contribution in [0.3, 0.4) is 0 Å². The van der Waals surface area contributed by atoms with Gasteiger partial charge in [-0.15, -0.1) is 0 Å². The fourth-order valence-corrected chi connectivity index (χ4v) is 5.11. The first kappa shape index (κ1) is 19.8. The summed E-state index contributed by atoms with van der Waals surface area (Å²) in [6.07, 6.45) is 2.03. The van der Waals surface area contributed by atoms with Gasteiger partial charge in [0.15, 0.2) is 0 Å². The van der Waals surface area contributed by atoms with Crippen molar-refractivity contribution in [3.05, 3.63) is 64.2 Å². The summed E-state index contributed by atoms with van der Waals surface area (Å²) >= 11 is 0. The van der Waals surface area contributed by atoms with Gasteiger partial charge in [-0.3, -0.25) is 10.1 Å². The molecule has 1 saturated carbocycles. The lowest BCUT2D eigenvalue weighted by atomic mass is 9.96. The molecule has 2 aromatic carbocycles. The van der Waals surface area contributed by atoms with Crippen molar-refractivity contribution in [2.24, 2.45) is 0 Å². The normalized spacial score (nSPS) is 18.9. The second-order valence-electron chi connectivity index (χ2n) is 7.45. The maximum Gasteiger partial charge on any atom is 0.293 e. The van der Waals surface area contributed by atoms with Gasteiger partial charge in [-0.25, -0.2) is 8.42 Å². The number of morpholine rings is 1. The quantitative estimate of drug-likeness (QED) is 0.549. The minimum atomic E-state index is -3.79. The molecule has 2 fully saturated rings. The minimum absolute atomic E-state index is 0.0202. The Hall–Kier alpha value is -2.49. The SMILES string of the molecule is O=[N+]([O-])c1cc(S(=O)(=O)N2CCOCC2)ccc1NCC1(c2ccccc2)CC1. The number of rotatable bonds is 7. The summed E-state index contributed by atoms with van der Waals surface area (Å²) in [4.78, 5) is 11.0. The highest BCUT2D eigenvalue weighted by atomic mass is 32.2. The number of nitrogens with one attached hydrogen (secondary N) is 1. The van der Waals surface area contributed by atoms with Gasteiger partial charge in [-0.1, -0.05) is 30.3 Å². The molecule has 29 heavy (non-hydrogen) atoms. The molecule has 0 amide bonds. The molecule has 1 heterocycles. The van der Waals surface area contributed by atoms with E-state index in [-0.39, 0.29) is 29.1 Å². The van der Waals surface area contributed by atoms with Crippen LogP contribution in [0.5, 0.6) is 0 Å². The molecular weight excluding hydrogens is 394 g/mol. The van der Waals surface area contributed by atoms with Crippen LogP contribution in [0.4, 0.5) is 11.4 Å². The van der Waals surface area contributed by atoms with Gasteiger partial charge in [0, 0.05) is 31.1 Å². The Kier molecular flexibility index (Phi) is 5.28. The minimum Gasteiger partial charge on any atom is -0.379 e. The molecule has 0 bridgehead atoms. The van der Waals surface area contributed by atoms with E-state index in [1.165, 1.54) is 22.0 Å². The Morgan fingerprint density at radius 2 is 1.79 bits per heavy atom. The van der Waals surface area contributed by atoms with Gasteiger partial charge < -0.3 is 10.1 Å². The molecule has 4 rings (SSSR count). The molecule has 0 radical (unpaired) electrons. The first-order chi connectivity index (χ1) is 13.9. The van der Waals surface area contributed by atoms with E-state index in [0.29, 0.717) is 25.4 Å². The van der Waals surface area contributed by atoms with E-state index in [0.717, 1.165) is 18.9 Å². The summed E-state index contributed by atoms with van der Waals surface area (Å²) in [7, 11) is -3.79. The second-order valence-corrected chi connectivity index (χ2v) is 9.39. The van der Waals surface area contributed by atoms with E-state index in [9.17, 15) is 18.5 Å². The number of ether oxygens (including phenoxy) is 1. The topological polar surface area (TPSA) is 102 Å². The van der Waals surface area contributed by atoms with Gasteiger partial charge in [0.05, 0.1) is 23.0 Å². The summed E-state index contributed by atoms with van der Waals surface area (Å²) in [6, 6.07) is 14.2. The van der Waals surface area contributed by atoms with Crippen LogP contribution in [0, 0.1) is 10.1 Å². The average Bonchev–Trinajstić information content (AvgIpc) is 3.54. The molecule has 1 saturated heterocycles. The molecule has 0 atom stereocenters. The van der Waals surface area contributed by atoms with Crippen molar-refractivity contribution in [3.63, 3.8) is 0 Å². The van der Waals surface area contributed by atoms with E-state index >= 15 is 0 Å². The summed E-state index contributed by atoms with van der Waals surface area (Å²) < 4.78 is 32.1. The fraction of sp³-hybridized carbons (Fsp3) is 0.400. The number of hydrogen-bond donors (Lipinski definition) is 1. The molecule has 2 aromatic rings. The van der Waals surface area contributed by atoms with E-state index in [1.54, 1.807) is 0 Å². The third-order valence-corrected chi connectivity index (χ3v) is 7.53. The van der Waals surface area contributed by atoms with Crippen LogP contribution in [0.25, 0.3) is 0 Å². The van der Waals surface area contributed by atoms with Gasteiger partial charge in [0.25, 0.3) is 5.69 Å². The molecule has 154 valence electrons. The molecule has 2 aliphatic rings. The summed E-state index contributed by atoms with van der Waals surface area (Å²) in [6.45, 7) is 1.70. The number of anilines is 1. The molecule has 1 aliphatic heterocycles. The van der Waals surface area contributed by atoms with Crippen LogP contribution in [-0.2, 0) is 20.2 Å². The maximum absolute atomic E-state index is 12.8. The lowest BCUT2D eigenvalue weighted by molar-refractivity contribution is -0.384. The van der Waals surface area contributed by atoms with Gasteiger partial charge in [-0.2, -0.15) is 4.31 Å². The van der Waals surface area contributed by atoms with E-state index in [1.807, 2.05) is 18.2 Å². The lowest BCUT2D eigenvalue weighted by Crippen LogP contribution is -2.40. The van der Waals surface area contributed by atoms with Crippen LogP contribution in [0.2, 0.25) is 0 Å². The molecule has 0 spiro atoms. The Labute approximate surface area is 169 Å². The zero-order valence-electron chi connectivity index (χ0n) is 15.9. The average molecular weight is 417 g/mol. The molecule has 8 nitrogen and oxygen atoms in total. The smallest absolute Gasteiger partial charge is 0.293 e. The van der Waals surface area contributed by atoms with Crippen LogP contribution >= 0.6 is 0 Å². The predicted octanol–water partition coefficient (Wildman–Crippen LogP) is 2.76. The van der Waals surface area contributed by atoms with Gasteiger partial charge in [0.2, 0.25) is 10.0 Å².